The molecule has 0 heterocycles. The summed E-state index contributed by atoms with van der Waals surface area (Å²) in [7, 11) is 0. The topological polar surface area (TPSA) is 128 Å². The van der Waals surface area contributed by atoms with Crippen LogP contribution in [0.15, 0.2) is 121 Å². The van der Waals surface area contributed by atoms with Crippen LogP contribution in [-0.2, 0) is 26.2 Å². The Morgan fingerprint density at radius 2 is 0.583 bits per heavy atom. The van der Waals surface area contributed by atoms with Crippen molar-refractivity contribution in [3.63, 3.8) is 0 Å². The number of benzene rings is 4. The van der Waals surface area contributed by atoms with Crippen molar-refractivity contribution in [2.24, 2.45) is 0 Å². The monoisotopic (exact) mass is 654 g/mol. The van der Waals surface area contributed by atoms with Gasteiger partial charge in [-0.2, -0.15) is 0 Å². The molecule has 8 heteroatoms. The van der Waals surface area contributed by atoms with Crippen molar-refractivity contribution >= 4 is 0 Å². The predicted octanol–water partition coefficient (Wildman–Crippen LogP) is 3.87. The second kappa shape index (κ2) is 17.8. The molecule has 8 atom stereocenters. The molecular formula is C40H50N2O6. The van der Waals surface area contributed by atoms with E-state index < -0.39 is 48.7 Å². The van der Waals surface area contributed by atoms with Crippen molar-refractivity contribution < 1.29 is 30.6 Å². The molecule has 0 amide bonds. The average Bonchev–Trinajstić information content (AvgIpc) is 3.10. The molecule has 6 N–H and O–H groups in total. The molecule has 4 aromatic rings. The minimum absolute atomic E-state index is 0.434. The maximum Gasteiger partial charge on any atom is 0.0979 e. The van der Waals surface area contributed by atoms with E-state index in [-0.39, 0.29) is 0 Å². The van der Waals surface area contributed by atoms with Crippen molar-refractivity contribution in [2.75, 3.05) is 0 Å². The van der Waals surface area contributed by atoms with Crippen LogP contribution in [0.5, 0.6) is 0 Å². The van der Waals surface area contributed by atoms with E-state index in [0.29, 0.717) is 51.9 Å². The number of aliphatic hydroxyl groups excluding tert-OH is 6. The molecule has 0 radical (unpaired) electrons. The quantitative estimate of drug-likeness (QED) is 0.152. The highest BCUT2D eigenvalue weighted by molar-refractivity contribution is 5.19. The van der Waals surface area contributed by atoms with Gasteiger partial charge in [0.15, 0.2) is 0 Å². The van der Waals surface area contributed by atoms with Crippen molar-refractivity contribution in [3.8, 4) is 0 Å². The van der Waals surface area contributed by atoms with E-state index in [4.69, 9.17) is 0 Å². The van der Waals surface area contributed by atoms with Gasteiger partial charge in [-0.05, 0) is 47.9 Å². The Hall–Kier alpha value is -3.44. The summed E-state index contributed by atoms with van der Waals surface area (Å²) in [6, 6.07) is 39.1. The predicted molar refractivity (Wildman–Crippen MR) is 186 cm³/mol. The van der Waals surface area contributed by atoms with E-state index >= 15 is 0 Å². The van der Waals surface area contributed by atoms with Gasteiger partial charge in [0, 0.05) is 26.2 Å². The molecule has 0 spiro atoms. The van der Waals surface area contributed by atoms with Crippen molar-refractivity contribution in [3.05, 3.63) is 144 Å². The van der Waals surface area contributed by atoms with E-state index in [9.17, 15) is 30.6 Å². The number of aliphatic hydroxyl groups is 6. The van der Waals surface area contributed by atoms with E-state index in [1.165, 1.54) is 0 Å². The minimum Gasteiger partial charge on any atom is -0.391 e. The molecular weight excluding hydrogens is 604 g/mol. The maximum absolute atomic E-state index is 10.5. The molecule has 2 aliphatic carbocycles. The molecule has 256 valence electrons. The Morgan fingerprint density at radius 3 is 0.833 bits per heavy atom. The van der Waals surface area contributed by atoms with Gasteiger partial charge in [-0.25, -0.2) is 0 Å². The van der Waals surface area contributed by atoms with E-state index in [0.717, 1.165) is 22.3 Å². The zero-order chi connectivity index (χ0) is 33.9. The Kier molecular flexibility index (Phi) is 13.3. The summed E-state index contributed by atoms with van der Waals surface area (Å²) in [4.78, 5) is 4.14. The van der Waals surface area contributed by atoms with Crippen molar-refractivity contribution in [2.45, 2.75) is 101 Å². The summed E-state index contributed by atoms with van der Waals surface area (Å²) in [6.07, 6.45) is -2.87. The minimum atomic E-state index is -0.943. The van der Waals surface area contributed by atoms with Crippen molar-refractivity contribution in [1.82, 2.24) is 9.80 Å². The van der Waals surface area contributed by atoms with Crippen LogP contribution in [0.2, 0.25) is 0 Å². The van der Waals surface area contributed by atoms with E-state index in [2.05, 4.69) is 9.80 Å². The third-order valence-corrected chi connectivity index (χ3v) is 9.55. The second-order valence-corrected chi connectivity index (χ2v) is 13.1. The molecule has 0 bridgehead atoms. The fourth-order valence-corrected chi connectivity index (χ4v) is 7.00. The average molecular weight is 655 g/mol. The van der Waals surface area contributed by atoms with Crippen LogP contribution >= 0.6 is 0 Å². The van der Waals surface area contributed by atoms with Gasteiger partial charge in [-0.1, -0.05) is 121 Å². The van der Waals surface area contributed by atoms with Crippen LogP contribution in [-0.4, -0.2) is 89.1 Å². The van der Waals surface area contributed by atoms with Gasteiger partial charge in [-0.15, -0.1) is 0 Å². The first-order chi connectivity index (χ1) is 23.3. The summed E-state index contributed by atoms with van der Waals surface area (Å²) in [5, 5.41) is 62.0. The first kappa shape index (κ1) is 35.9. The zero-order valence-electron chi connectivity index (χ0n) is 27.4. The summed E-state index contributed by atoms with van der Waals surface area (Å²) >= 11 is 0. The van der Waals surface area contributed by atoms with Gasteiger partial charge in [0.25, 0.3) is 0 Å². The van der Waals surface area contributed by atoms with Gasteiger partial charge in [0.05, 0.1) is 48.7 Å². The SMILES string of the molecule is O[C@@H]1[C@H](N(Cc2ccccc2)Cc2ccccc2)[C@H](O)CC[C@H]1O.O[C@H]1[C@@H](N(Cc2ccccc2)Cc2ccccc2)[C@@H](O)CC[C@@H]1O. The first-order valence-corrected chi connectivity index (χ1v) is 17.0. The third kappa shape index (κ3) is 9.81. The van der Waals surface area contributed by atoms with E-state index in [1.807, 2.05) is 121 Å². The van der Waals surface area contributed by atoms with Crippen LogP contribution in [0.3, 0.4) is 0 Å². The summed E-state index contributed by atoms with van der Waals surface area (Å²) in [5.41, 5.74) is 4.47. The normalized spacial score (nSPS) is 27.3. The molecule has 0 unspecified atom stereocenters. The summed E-state index contributed by atoms with van der Waals surface area (Å²) < 4.78 is 0. The second-order valence-electron chi connectivity index (χ2n) is 13.1. The number of hydrogen-bond acceptors (Lipinski definition) is 8. The van der Waals surface area contributed by atoms with Crippen LogP contribution in [0.1, 0.15) is 47.9 Å². The van der Waals surface area contributed by atoms with Gasteiger partial charge in [-0.3, -0.25) is 9.80 Å². The molecule has 48 heavy (non-hydrogen) atoms. The summed E-state index contributed by atoms with van der Waals surface area (Å²) in [5.74, 6) is 0. The molecule has 2 fully saturated rings. The molecule has 0 saturated heterocycles. The molecule has 8 nitrogen and oxygen atoms in total. The Bertz CT molecular complexity index is 1270. The lowest BCUT2D eigenvalue weighted by Crippen LogP contribution is -2.57. The number of rotatable bonds is 10. The van der Waals surface area contributed by atoms with Gasteiger partial charge in [0.2, 0.25) is 0 Å². The van der Waals surface area contributed by atoms with Crippen LogP contribution in [0.25, 0.3) is 0 Å². The zero-order valence-corrected chi connectivity index (χ0v) is 27.4. The molecule has 2 saturated carbocycles. The van der Waals surface area contributed by atoms with Gasteiger partial charge < -0.3 is 30.6 Å². The van der Waals surface area contributed by atoms with Crippen molar-refractivity contribution in [1.29, 1.82) is 0 Å². The summed E-state index contributed by atoms with van der Waals surface area (Å²) in [6.45, 7) is 2.45. The maximum atomic E-state index is 10.5. The van der Waals surface area contributed by atoms with E-state index in [1.54, 1.807) is 0 Å². The lowest BCUT2D eigenvalue weighted by Gasteiger charge is -2.43. The Balaban J connectivity index is 0.000000188. The first-order valence-electron chi connectivity index (χ1n) is 17.0. The molecule has 2 aliphatic rings. The molecule has 6 rings (SSSR count). The van der Waals surface area contributed by atoms with Crippen LogP contribution in [0, 0.1) is 0 Å². The smallest absolute Gasteiger partial charge is 0.0979 e. The Morgan fingerprint density at radius 1 is 0.354 bits per heavy atom. The van der Waals surface area contributed by atoms with Gasteiger partial charge >= 0.3 is 0 Å². The highest BCUT2D eigenvalue weighted by Crippen LogP contribution is 2.29. The standard InChI is InChI=1S/2C20H25NO3/c2*22-17-11-12-18(23)20(24)19(17)21(13-15-7-3-1-4-8-15)14-16-9-5-2-6-10-16/h2*1-10,17-20,22-24H,11-14H2/t2*17-,18-,19-,20+/m10/s1. The Labute approximate surface area is 284 Å². The fraction of sp³-hybridized carbons (Fsp3) is 0.400. The number of hydrogen-bond donors (Lipinski definition) is 6. The largest absolute Gasteiger partial charge is 0.391 e. The fourth-order valence-electron chi connectivity index (χ4n) is 7.00. The highest BCUT2D eigenvalue weighted by Gasteiger charge is 2.41. The molecule has 0 aliphatic heterocycles. The molecule has 4 aromatic carbocycles. The lowest BCUT2D eigenvalue weighted by atomic mass is 9.86. The lowest BCUT2D eigenvalue weighted by molar-refractivity contribution is -0.117. The third-order valence-electron chi connectivity index (χ3n) is 9.55. The van der Waals surface area contributed by atoms with Crippen LogP contribution < -0.4 is 0 Å². The van der Waals surface area contributed by atoms with Gasteiger partial charge in [0.1, 0.15) is 0 Å². The highest BCUT2D eigenvalue weighted by atomic mass is 16.3. The molecule has 0 aromatic heterocycles. The number of nitrogens with zero attached hydrogens (tertiary/aromatic N) is 2. The van der Waals surface area contributed by atoms with Crippen LogP contribution in [0.4, 0.5) is 0 Å².